The minimum atomic E-state index is -5.17. The van der Waals surface area contributed by atoms with E-state index in [-0.39, 0.29) is 59.1 Å². The molecule has 0 aliphatic heterocycles. The van der Waals surface area contributed by atoms with Crippen LogP contribution in [0.1, 0.15) is 0 Å². The number of rotatable bonds is 1. The van der Waals surface area contributed by atoms with Crippen molar-refractivity contribution in [1.29, 1.82) is 5.26 Å². The predicted molar refractivity (Wildman–Crippen MR) is 36.9 cm³/mol. The first kappa shape index (κ1) is 30.2. The molecule has 86 valence electrons. The number of hydrogen-bond donors (Lipinski definition) is 2. The van der Waals surface area contributed by atoms with Crippen LogP contribution in [0.3, 0.4) is 0 Å². The van der Waals surface area contributed by atoms with E-state index in [1.165, 1.54) is 0 Å². The summed E-state index contributed by atoms with van der Waals surface area (Å²) >= 11 is 0. The van der Waals surface area contributed by atoms with Gasteiger partial charge in [0, 0.05) is 17.5 Å². The summed E-state index contributed by atoms with van der Waals surface area (Å²) in [6.07, 6.45) is 0.770. The third kappa shape index (κ3) is 117. The van der Waals surface area contributed by atoms with Gasteiger partial charge in [-0.1, -0.05) is 0 Å². The molecule has 14 heteroatoms. The molecular formula is C2H5NNa2O9S2. The number of aliphatic hydroxyl groups excluding tert-OH is 1. The van der Waals surface area contributed by atoms with E-state index in [4.69, 9.17) is 32.4 Å². The molecule has 0 bridgehead atoms. The maximum atomic E-state index is 9.34. The summed E-state index contributed by atoms with van der Waals surface area (Å²) in [5.74, 6) is 0. The Bertz CT molecular complexity index is 345. The van der Waals surface area contributed by atoms with Gasteiger partial charge in [0.1, 0.15) is 0 Å². The van der Waals surface area contributed by atoms with E-state index >= 15 is 0 Å². The second-order valence-electron chi connectivity index (χ2n) is 1.01. The predicted octanol–water partition coefficient (Wildman–Crippen LogP) is -8.43. The summed E-state index contributed by atoms with van der Waals surface area (Å²) in [6.45, 7) is 0. The fourth-order valence-corrected chi connectivity index (χ4v) is 0.141. The van der Waals surface area contributed by atoms with E-state index in [1.807, 2.05) is 0 Å². The van der Waals surface area contributed by atoms with Gasteiger partial charge in [0.05, 0.1) is 0 Å². The Morgan fingerprint density at radius 2 is 1.31 bits per heavy atom. The molecule has 0 rings (SSSR count). The van der Waals surface area contributed by atoms with E-state index < -0.39 is 20.8 Å². The fourth-order valence-electron chi connectivity index (χ4n) is 0.0471. The van der Waals surface area contributed by atoms with Crippen molar-refractivity contribution in [3.05, 3.63) is 0 Å². The van der Waals surface area contributed by atoms with E-state index in [1.54, 1.807) is 0 Å². The summed E-state index contributed by atoms with van der Waals surface area (Å²) in [5, 5.41) is 14.4. The van der Waals surface area contributed by atoms with E-state index in [9.17, 15) is 8.42 Å². The van der Waals surface area contributed by atoms with E-state index in [0.717, 1.165) is 13.4 Å². The average molecular weight is 297 g/mol. The summed E-state index contributed by atoms with van der Waals surface area (Å²) in [4.78, 5) is 0. The van der Waals surface area contributed by atoms with Crippen LogP contribution in [0.25, 0.3) is 0 Å². The number of hydrogen-bond acceptors (Lipinski definition) is 9. The molecule has 0 aliphatic carbocycles. The zero-order valence-electron chi connectivity index (χ0n) is 8.52. The normalized spacial score (nSPS) is 8.25. The molecule has 0 spiro atoms. The molecule has 10 nitrogen and oxygen atoms in total. The van der Waals surface area contributed by atoms with E-state index in [2.05, 4.69) is 4.18 Å². The van der Waals surface area contributed by atoms with Crippen LogP contribution >= 0.6 is 0 Å². The fraction of sp³-hybridized carbons (Fsp3) is 0.500. The molecule has 0 saturated carbocycles. The first-order valence-corrected chi connectivity index (χ1v) is 4.92. The molecule has 0 aromatic rings. The number of nitriles is 1. The summed E-state index contributed by atoms with van der Waals surface area (Å²) in [5.41, 5.74) is 0. The minimum Gasteiger partial charge on any atom is -0.759 e. The molecular weight excluding hydrogens is 292 g/mol. The van der Waals surface area contributed by atoms with Gasteiger partial charge in [0.25, 0.3) is 0 Å². The van der Waals surface area contributed by atoms with Gasteiger partial charge in [-0.25, -0.2) is 0 Å². The van der Waals surface area contributed by atoms with Crippen LogP contribution in [-0.2, 0) is 25.0 Å². The Labute approximate surface area is 137 Å². The van der Waals surface area contributed by atoms with Gasteiger partial charge in [-0.15, -0.1) is 5.26 Å². The average Bonchev–Trinajstić information content (AvgIpc) is 1.85. The van der Waals surface area contributed by atoms with Crippen molar-refractivity contribution < 1.29 is 98.9 Å². The first-order valence-electron chi connectivity index (χ1n) is 2.22. The van der Waals surface area contributed by atoms with Gasteiger partial charge in [-0.05, 0) is 0 Å². The second kappa shape index (κ2) is 16.0. The van der Waals surface area contributed by atoms with Gasteiger partial charge in [-0.2, -0.15) is 8.42 Å². The third-order valence-electron chi connectivity index (χ3n) is 0.143. The Hall–Kier alpha value is 1.03. The largest absolute Gasteiger partial charge is 1.00 e. The van der Waals surface area contributed by atoms with Gasteiger partial charge in [0.2, 0.25) is 0 Å². The van der Waals surface area contributed by atoms with Crippen LogP contribution in [0.15, 0.2) is 0 Å². The zero-order chi connectivity index (χ0) is 12.4. The van der Waals surface area contributed by atoms with Crippen molar-refractivity contribution in [3.63, 3.8) is 0 Å². The summed E-state index contributed by atoms with van der Waals surface area (Å²) in [6, 6.07) is 0. The first-order chi connectivity index (χ1) is 6.06. The van der Waals surface area contributed by atoms with Gasteiger partial charge < -0.3 is 14.2 Å². The molecule has 0 aromatic carbocycles. The van der Waals surface area contributed by atoms with Crippen molar-refractivity contribution >= 4 is 20.8 Å². The van der Waals surface area contributed by atoms with Crippen molar-refractivity contribution in [2.75, 3.05) is 7.11 Å². The van der Waals surface area contributed by atoms with Crippen LogP contribution in [0, 0.1) is 11.5 Å². The van der Waals surface area contributed by atoms with Crippen LogP contribution in [0.5, 0.6) is 0 Å². The summed E-state index contributed by atoms with van der Waals surface area (Å²) < 4.78 is 63.4. The summed E-state index contributed by atoms with van der Waals surface area (Å²) in [7, 11) is -8.70. The van der Waals surface area contributed by atoms with Gasteiger partial charge >= 0.3 is 75.8 Å². The topological polar surface area (TPSA) is 188 Å². The minimum absolute atomic E-state index is 0. The monoisotopic (exact) mass is 297 g/mol. The van der Waals surface area contributed by atoms with Gasteiger partial charge in [0.15, 0.2) is 0 Å². The molecule has 0 fully saturated rings. The van der Waals surface area contributed by atoms with Gasteiger partial charge in [-0.3, -0.25) is 17.2 Å². The maximum absolute atomic E-state index is 9.34. The molecule has 16 heavy (non-hydrogen) atoms. The molecule has 2 N–H and O–H groups in total. The molecule has 0 atom stereocenters. The zero-order valence-corrected chi connectivity index (χ0v) is 14.1. The molecule has 0 saturated heterocycles. The Balaban J connectivity index is -0.0000000404. The number of nitrogens with zero attached hydrogens (tertiary/aromatic N) is 1. The SMILES string of the molecule is CO.N#COS(=O)(=O)O.O=S(=O)([O-])[O-].[Na+].[Na+]. The van der Waals surface area contributed by atoms with E-state index in [0.29, 0.717) is 0 Å². The van der Waals surface area contributed by atoms with Crippen LogP contribution in [0.4, 0.5) is 0 Å². The quantitative estimate of drug-likeness (QED) is 0.203. The molecule has 0 radical (unpaired) electrons. The standard InChI is InChI=1S/CHNO4S.CH4O.2Na.H2O4S/c2-1-6-7(3,4)5;1-2;;;1-5(2,3)4/h(H,3,4,5);2H,1H3;;;(H2,1,2,3,4)/q;;2*+1;/p-2. The Morgan fingerprint density at radius 1 is 1.12 bits per heavy atom. The molecule has 0 unspecified atom stereocenters. The maximum Gasteiger partial charge on any atom is 1.00 e. The van der Waals surface area contributed by atoms with Crippen LogP contribution < -0.4 is 59.1 Å². The molecule has 0 aromatic heterocycles. The smallest absolute Gasteiger partial charge is 0.759 e. The Kier molecular flexibility index (Phi) is 30.3. The number of aliphatic hydroxyl groups is 1. The second-order valence-corrected chi connectivity index (χ2v) is 2.85. The van der Waals surface area contributed by atoms with Crippen molar-refractivity contribution in [3.8, 4) is 6.26 Å². The Morgan fingerprint density at radius 3 is 1.31 bits per heavy atom. The molecule has 0 amide bonds. The van der Waals surface area contributed by atoms with Crippen LogP contribution in [-0.4, -0.2) is 42.7 Å². The van der Waals surface area contributed by atoms with Crippen molar-refractivity contribution in [2.24, 2.45) is 0 Å². The van der Waals surface area contributed by atoms with Crippen molar-refractivity contribution in [1.82, 2.24) is 0 Å². The molecule has 0 aliphatic rings. The molecule has 0 heterocycles. The van der Waals surface area contributed by atoms with Crippen molar-refractivity contribution in [2.45, 2.75) is 0 Å². The third-order valence-corrected chi connectivity index (χ3v) is 0.428. The van der Waals surface area contributed by atoms with Crippen LogP contribution in [0.2, 0.25) is 0 Å².